The zero-order valence-electron chi connectivity index (χ0n) is 28.1. The molecule has 0 amide bonds. The van der Waals surface area contributed by atoms with Crippen molar-refractivity contribution in [3.05, 3.63) is 182 Å². The maximum atomic E-state index is 7.16. The van der Waals surface area contributed by atoms with Gasteiger partial charge in [-0.1, -0.05) is 158 Å². The van der Waals surface area contributed by atoms with Crippen LogP contribution in [0.2, 0.25) is 0 Å². The van der Waals surface area contributed by atoms with Crippen molar-refractivity contribution in [2.45, 2.75) is 0 Å². The van der Waals surface area contributed by atoms with Crippen LogP contribution in [0.1, 0.15) is 0 Å². The van der Waals surface area contributed by atoms with Crippen LogP contribution >= 0.6 is 0 Å². The predicted octanol–water partition coefficient (Wildman–Crippen LogP) is 14.5. The third kappa shape index (κ3) is 4.31. The van der Waals surface area contributed by atoms with Crippen molar-refractivity contribution in [2.75, 3.05) is 0 Å². The van der Waals surface area contributed by atoms with Crippen LogP contribution in [0.4, 0.5) is 0 Å². The van der Waals surface area contributed by atoms with Gasteiger partial charge >= 0.3 is 0 Å². The summed E-state index contributed by atoms with van der Waals surface area (Å²) in [5.74, 6) is 0. The van der Waals surface area contributed by atoms with E-state index in [1.165, 1.54) is 10.8 Å². The van der Waals surface area contributed by atoms with Gasteiger partial charge in [0, 0.05) is 43.4 Å². The normalized spacial score (nSPS) is 11.8. The van der Waals surface area contributed by atoms with Gasteiger partial charge in [-0.3, -0.25) is 0 Å². The first-order chi connectivity index (χ1) is 25.8. The number of fused-ring (bicyclic) bond motifs is 6. The minimum absolute atomic E-state index is 0.860. The first-order valence-corrected chi connectivity index (χ1v) is 17.8. The van der Waals surface area contributed by atoms with Crippen molar-refractivity contribution in [1.82, 2.24) is 0 Å². The molecular formula is C50H30O2. The lowest BCUT2D eigenvalue weighted by atomic mass is 9.86. The quantitative estimate of drug-likeness (QED) is 0.138. The summed E-state index contributed by atoms with van der Waals surface area (Å²) in [6.07, 6.45) is 0. The summed E-state index contributed by atoms with van der Waals surface area (Å²) < 4.78 is 14.3. The van der Waals surface area contributed by atoms with Gasteiger partial charge in [-0.25, -0.2) is 0 Å². The Morgan fingerprint density at radius 2 is 0.615 bits per heavy atom. The average Bonchev–Trinajstić information content (AvgIpc) is 3.22. The first-order valence-electron chi connectivity index (χ1n) is 17.8. The fraction of sp³-hybridized carbons (Fsp3) is 0. The summed E-state index contributed by atoms with van der Waals surface area (Å²) in [7, 11) is 0. The van der Waals surface area contributed by atoms with Crippen LogP contribution in [-0.4, -0.2) is 0 Å². The summed E-state index contributed by atoms with van der Waals surface area (Å²) in [4.78, 5) is 0. The van der Waals surface area contributed by atoms with E-state index in [1.807, 2.05) is 0 Å². The highest BCUT2D eigenvalue weighted by molar-refractivity contribution is 6.41. The van der Waals surface area contributed by atoms with E-state index in [0.29, 0.717) is 0 Å². The molecule has 0 saturated carbocycles. The minimum atomic E-state index is 0.860. The summed E-state index contributed by atoms with van der Waals surface area (Å²) in [6, 6.07) is 64.6. The number of benzene rings is 9. The molecule has 0 spiro atoms. The predicted molar refractivity (Wildman–Crippen MR) is 218 cm³/mol. The Hall–Kier alpha value is -6.90. The monoisotopic (exact) mass is 662 g/mol. The van der Waals surface area contributed by atoms with E-state index in [2.05, 4.69) is 182 Å². The first kappa shape index (κ1) is 28.9. The molecule has 0 aliphatic heterocycles. The molecule has 0 radical (unpaired) electrons. The van der Waals surface area contributed by atoms with E-state index in [0.717, 1.165) is 99.2 Å². The van der Waals surface area contributed by atoms with Gasteiger partial charge in [-0.15, -0.1) is 0 Å². The number of para-hydroxylation sites is 2. The molecule has 0 atom stereocenters. The van der Waals surface area contributed by atoms with Crippen LogP contribution in [0.5, 0.6) is 0 Å². The van der Waals surface area contributed by atoms with Crippen LogP contribution in [0.25, 0.3) is 110 Å². The van der Waals surface area contributed by atoms with Gasteiger partial charge in [0.2, 0.25) is 0 Å². The maximum absolute atomic E-state index is 7.16. The van der Waals surface area contributed by atoms with Crippen LogP contribution in [0.15, 0.2) is 191 Å². The SMILES string of the molecule is c1ccc(-c2cc3oc4c(-c5ccccc5)cccc4c4c5cc(-c6ccccc6)cc6oc7c(-c8ccccc8)cccc7c(c(c2)c34)c65)cc1. The molecule has 11 aromatic rings. The number of hydrogen-bond acceptors (Lipinski definition) is 2. The minimum Gasteiger partial charge on any atom is -0.455 e. The number of hydrogen-bond donors (Lipinski definition) is 0. The van der Waals surface area contributed by atoms with E-state index in [-0.39, 0.29) is 0 Å². The summed E-state index contributed by atoms with van der Waals surface area (Å²) in [5, 5.41) is 9.05. The molecule has 0 fully saturated rings. The fourth-order valence-electron chi connectivity index (χ4n) is 8.32. The van der Waals surface area contributed by atoms with Crippen molar-refractivity contribution in [2.24, 2.45) is 0 Å². The van der Waals surface area contributed by atoms with E-state index in [9.17, 15) is 0 Å². The fourth-order valence-corrected chi connectivity index (χ4v) is 8.32. The summed E-state index contributed by atoms with van der Waals surface area (Å²) in [6.45, 7) is 0. The second-order valence-corrected chi connectivity index (χ2v) is 13.6. The molecule has 0 N–H and O–H groups in total. The van der Waals surface area contributed by atoms with Gasteiger partial charge in [0.15, 0.2) is 0 Å². The molecule has 0 aliphatic rings. The summed E-state index contributed by atoms with van der Waals surface area (Å²) in [5.41, 5.74) is 12.4. The van der Waals surface area contributed by atoms with Gasteiger partial charge in [0.1, 0.15) is 22.3 Å². The molecule has 0 bridgehead atoms. The van der Waals surface area contributed by atoms with E-state index < -0.39 is 0 Å². The third-order valence-corrected chi connectivity index (χ3v) is 10.6. The zero-order valence-corrected chi connectivity index (χ0v) is 28.1. The van der Waals surface area contributed by atoms with Crippen molar-refractivity contribution < 1.29 is 8.83 Å². The van der Waals surface area contributed by atoms with Crippen LogP contribution in [0.3, 0.4) is 0 Å². The molecule has 11 rings (SSSR count). The molecule has 242 valence electrons. The Kier molecular flexibility index (Phi) is 6.28. The van der Waals surface area contributed by atoms with E-state index in [4.69, 9.17) is 8.83 Å². The smallest absolute Gasteiger partial charge is 0.143 e. The molecule has 2 heteroatoms. The Morgan fingerprint density at radius 3 is 1.00 bits per heavy atom. The highest BCUT2D eigenvalue weighted by atomic mass is 16.3. The molecule has 0 unspecified atom stereocenters. The lowest BCUT2D eigenvalue weighted by Crippen LogP contribution is -1.94. The van der Waals surface area contributed by atoms with Gasteiger partial charge in [0.05, 0.1) is 0 Å². The standard InChI is InChI=1S/C50H30O2/c1-5-15-31(16-6-1)35-27-41-45-39-25-13-24-38(34-21-11-4-12-22-34)50(39)52-44-30-36(32-17-7-2-8-18-32)28-42(48(44)45)46-40-26-14-23-37(33-19-9-3-10-20-33)49(40)51-43(29-35)47(41)46/h1-30H. The molecule has 2 aromatic heterocycles. The molecular weight excluding hydrogens is 633 g/mol. The van der Waals surface area contributed by atoms with Crippen molar-refractivity contribution in [1.29, 1.82) is 0 Å². The Bertz CT molecular complexity index is 2920. The molecule has 2 nitrogen and oxygen atoms in total. The molecule has 52 heavy (non-hydrogen) atoms. The lowest BCUT2D eigenvalue weighted by molar-refractivity contribution is 0.662. The van der Waals surface area contributed by atoms with Crippen LogP contribution < -0.4 is 0 Å². The van der Waals surface area contributed by atoms with Gasteiger partial charge < -0.3 is 8.83 Å². The van der Waals surface area contributed by atoms with Gasteiger partial charge in [0.25, 0.3) is 0 Å². The Balaban J connectivity index is 1.42. The topological polar surface area (TPSA) is 26.3 Å². The number of rotatable bonds is 4. The maximum Gasteiger partial charge on any atom is 0.143 e. The molecule has 0 saturated heterocycles. The summed E-state index contributed by atoms with van der Waals surface area (Å²) >= 11 is 0. The highest BCUT2D eigenvalue weighted by Gasteiger charge is 2.24. The van der Waals surface area contributed by atoms with Crippen molar-refractivity contribution >= 4 is 65.4 Å². The molecule has 2 heterocycles. The molecule has 0 aliphatic carbocycles. The lowest BCUT2D eigenvalue weighted by Gasteiger charge is -2.20. The second kappa shape index (κ2) is 11.3. The zero-order chi connectivity index (χ0) is 34.2. The Labute approximate surface area is 299 Å². The average molecular weight is 663 g/mol. The van der Waals surface area contributed by atoms with Crippen LogP contribution in [0, 0.1) is 0 Å². The van der Waals surface area contributed by atoms with E-state index in [1.54, 1.807) is 0 Å². The molecule has 9 aromatic carbocycles. The van der Waals surface area contributed by atoms with Gasteiger partial charge in [-0.05, 0) is 68.4 Å². The van der Waals surface area contributed by atoms with Crippen LogP contribution in [-0.2, 0) is 0 Å². The van der Waals surface area contributed by atoms with Crippen molar-refractivity contribution in [3.63, 3.8) is 0 Å². The second-order valence-electron chi connectivity index (χ2n) is 13.6. The van der Waals surface area contributed by atoms with E-state index >= 15 is 0 Å². The largest absolute Gasteiger partial charge is 0.455 e. The highest BCUT2D eigenvalue weighted by Crippen LogP contribution is 2.50. The van der Waals surface area contributed by atoms with Crippen molar-refractivity contribution in [3.8, 4) is 44.5 Å². The third-order valence-electron chi connectivity index (χ3n) is 10.6. The van der Waals surface area contributed by atoms with Gasteiger partial charge in [-0.2, -0.15) is 0 Å². The Morgan fingerprint density at radius 1 is 0.250 bits per heavy atom.